The number of nitrogens with zero attached hydrogens (tertiary/aromatic N) is 3. The van der Waals surface area contributed by atoms with E-state index in [2.05, 4.69) is 20.3 Å². The molecule has 0 saturated carbocycles. The lowest BCUT2D eigenvalue weighted by atomic mass is 10.1. The second-order valence-corrected chi connectivity index (χ2v) is 7.22. The SMILES string of the molecule is Cc1nc(C)c(Cl)c(NCCc2ccc(Oc3cnc(C(F)(F)F)cc3Cl)cc2)n1. The zero-order chi connectivity index (χ0) is 21.9. The summed E-state index contributed by atoms with van der Waals surface area (Å²) in [6.45, 7) is 4.22. The lowest BCUT2D eigenvalue weighted by Gasteiger charge is -2.11. The minimum atomic E-state index is -4.56. The molecule has 2 heterocycles. The zero-order valence-electron chi connectivity index (χ0n) is 16.0. The summed E-state index contributed by atoms with van der Waals surface area (Å²) in [6.07, 6.45) is -2.91. The molecule has 0 aliphatic rings. The van der Waals surface area contributed by atoms with E-state index in [1.807, 2.05) is 19.1 Å². The summed E-state index contributed by atoms with van der Waals surface area (Å²) >= 11 is 12.1. The lowest BCUT2D eigenvalue weighted by Crippen LogP contribution is -2.09. The molecule has 3 rings (SSSR count). The molecule has 0 fully saturated rings. The summed E-state index contributed by atoms with van der Waals surface area (Å²) in [4.78, 5) is 11.8. The minimum absolute atomic E-state index is 0.0447. The Balaban J connectivity index is 1.59. The molecule has 0 atom stereocenters. The van der Waals surface area contributed by atoms with Crippen LogP contribution >= 0.6 is 23.2 Å². The van der Waals surface area contributed by atoms with Gasteiger partial charge in [-0.15, -0.1) is 0 Å². The normalized spacial score (nSPS) is 11.4. The van der Waals surface area contributed by atoms with E-state index in [0.29, 0.717) is 41.1 Å². The second kappa shape index (κ2) is 9.06. The first-order valence-corrected chi connectivity index (χ1v) is 9.63. The van der Waals surface area contributed by atoms with E-state index < -0.39 is 11.9 Å². The summed E-state index contributed by atoms with van der Waals surface area (Å²) in [6, 6.07) is 7.84. The van der Waals surface area contributed by atoms with Gasteiger partial charge >= 0.3 is 6.18 Å². The van der Waals surface area contributed by atoms with Crippen LogP contribution in [0, 0.1) is 13.8 Å². The van der Waals surface area contributed by atoms with Gasteiger partial charge in [-0.05, 0) is 44.0 Å². The molecule has 0 bridgehead atoms. The average Bonchev–Trinajstić information content (AvgIpc) is 2.67. The monoisotopic (exact) mass is 456 g/mol. The van der Waals surface area contributed by atoms with Crippen LogP contribution in [-0.2, 0) is 12.6 Å². The Morgan fingerprint density at radius 2 is 1.77 bits per heavy atom. The molecule has 0 unspecified atom stereocenters. The van der Waals surface area contributed by atoms with Gasteiger partial charge in [-0.1, -0.05) is 35.3 Å². The first-order valence-electron chi connectivity index (χ1n) is 8.87. The molecule has 10 heteroatoms. The Morgan fingerprint density at radius 1 is 1.07 bits per heavy atom. The molecule has 2 aromatic heterocycles. The fraction of sp³-hybridized carbons (Fsp3) is 0.250. The Kier molecular flexibility index (Phi) is 6.67. The van der Waals surface area contributed by atoms with Gasteiger partial charge in [0.2, 0.25) is 0 Å². The number of aryl methyl sites for hydroxylation is 2. The number of hydrogen-bond donors (Lipinski definition) is 1. The summed E-state index contributed by atoms with van der Waals surface area (Å²) in [5.74, 6) is 1.70. The van der Waals surface area contributed by atoms with E-state index in [-0.39, 0.29) is 10.8 Å². The maximum absolute atomic E-state index is 12.7. The molecule has 0 radical (unpaired) electrons. The number of halogens is 5. The van der Waals surface area contributed by atoms with Crippen LogP contribution in [0.2, 0.25) is 10.0 Å². The third-order valence-electron chi connectivity index (χ3n) is 4.10. The highest BCUT2D eigenvalue weighted by Crippen LogP contribution is 2.34. The van der Waals surface area contributed by atoms with Crippen molar-refractivity contribution in [3.63, 3.8) is 0 Å². The van der Waals surface area contributed by atoms with Crippen molar-refractivity contribution < 1.29 is 17.9 Å². The highest BCUT2D eigenvalue weighted by molar-refractivity contribution is 6.33. The molecule has 30 heavy (non-hydrogen) atoms. The second-order valence-electron chi connectivity index (χ2n) is 6.44. The number of hydrogen-bond acceptors (Lipinski definition) is 5. The molecular formula is C20H17Cl2F3N4O. The van der Waals surface area contributed by atoms with Gasteiger partial charge in [0.1, 0.15) is 28.1 Å². The van der Waals surface area contributed by atoms with Gasteiger partial charge in [0, 0.05) is 6.54 Å². The molecule has 5 nitrogen and oxygen atoms in total. The van der Waals surface area contributed by atoms with Crippen molar-refractivity contribution in [2.75, 3.05) is 11.9 Å². The summed E-state index contributed by atoms with van der Waals surface area (Å²) in [5.41, 5.74) is 0.659. The van der Waals surface area contributed by atoms with Crippen LogP contribution in [0.4, 0.5) is 19.0 Å². The number of pyridine rings is 1. The molecule has 1 N–H and O–H groups in total. The van der Waals surface area contributed by atoms with Gasteiger partial charge in [-0.2, -0.15) is 13.2 Å². The molecule has 1 aromatic carbocycles. The molecule has 0 aliphatic heterocycles. The van der Waals surface area contributed by atoms with Gasteiger partial charge in [0.25, 0.3) is 0 Å². The quantitative estimate of drug-likeness (QED) is 0.474. The van der Waals surface area contributed by atoms with E-state index in [1.165, 1.54) is 0 Å². The van der Waals surface area contributed by atoms with E-state index in [9.17, 15) is 13.2 Å². The minimum Gasteiger partial charge on any atom is -0.454 e. The highest BCUT2D eigenvalue weighted by Gasteiger charge is 2.33. The van der Waals surface area contributed by atoms with Crippen LogP contribution < -0.4 is 10.1 Å². The Hall–Kier alpha value is -2.58. The largest absolute Gasteiger partial charge is 0.454 e. The van der Waals surface area contributed by atoms with E-state index >= 15 is 0 Å². The third-order valence-corrected chi connectivity index (χ3v) is 4.84. The molecular weight excluding hydrogens is 440 g/mol. The summed E-state index contributed by atoms with van der Waals surface area (Å²) in [5, 5.41) is 3.51. The van der Waals surface area contributed by atoms with Crippen molar-refractivity contribution in [3.8, 4) is 11.5 Å². The van der Waals surface area contributed by atoms with Crippen molar-refractivity contribution >= 4 is 29.0 Å². The van der Waals surface area contributed by atoms with Crippen molar-refractivity contribution in [2.45, 2.75) is 26.4 Å². The Bertz CT molecular complexity index is 1040. The van der Waals surface area contributed by atoms with Crippen LogP contribution in [0.1, 0.15) is 22.8 Å². The number of aromatic nitrogens is 3. The van der Waals surface area contributed by atoms with Crippen LogP contribution in [-0.4, -0.2) is 21.5 Å². The molecule has 0 saturated heterocycles. The van der Waals surface area contributed by atoms with Crippen LogP contribution in [0.15, 0.2) is 36.5 Å². The highest BCUT2D eigenvalue weighted by atomic mass is 35.5. The predicted octanol–water partition coefficient (Wildman–Crippen LogP) is 6.26. The van der Waals surface area contributed by atoms with Gasteiger partial charge in [0.15, 0.2) is 5.75 Å². The number of anilines is 1. The number of ether oxygens (including phenoxy) is 1. The van der Waals surface area contributed by atoms with E-state index in [4.69, 9.17) is 27.9 Å². The number of benzene rings is 1. The number of nitrogens with one attached hydrogen (secondary N) is 1. The zero-order valence-corrected chi connectivity index (χ0v) is 17.5. The molecule has 0 amide bonds. The van der Waals surface area contributed by atoms with Gasteiger partial charge in [-0.3, -0.25) is 0 Å². The van der Waals surface area contributed by atoms with E-state index in [0.717, 1.165) is 17.8 Å². The van der Waals surface area contributed by atoms with Crippen LogP contribution in [0.5, 0.6) is 11.5 Å². The van der Waals surface area contributed by atoms with Crippen molar-refractivity contribution in [1.82, 2.24) is 15.0 Å². The van der Waals surface area contributed by atoms with Crippen LogP contribution in [0.3, 0.4) is 0 Å². The Labute approximate surface area is 181 Å². The third kappa shape index (κ3) is 5.52. The van der Waals surface area contributed by atoms with Gasteiger partial charge < -0.3 is 10.1 Å². The average molecular weight is 457 g/mol. The van der Waals surface area contributed by atoms with Crippen molar-refractivity contribution in [2.24, 2.45) is 0 Å². The van der Waals surface area contributed by atoms with Gasteiger partial charge in [0.05, 0.1) is 16.9 Å². The predicted molar refractivity (Wildman–Crippen MR) is 109 cm³/mol. The van der Waals surface area contributed by atoms with Crippen molar-refractivity contribution in [3.05, 3.63) is 69.3 Å². The standard InChI is InChI=1S/C20H17Cl2F3N4O/c1-11-18(22)19(29-12(2)28-11)26-8-7-13-3-5-14(6-4-13)30-16-10-27-17(9-15(16)21)20(23,24)25/h3-6,9-10H,7-8H2,1-2H3,(H,26,28,29). The summed E-state index contributed by atoms with van der Waals surface area (Å²) < 4.78 is 43.5. The first kappa shape index (κ1) is 22.1. The smallest absolute Gasteiger partial charge is 0.433 e. The van der Waals surface area contributed by atoms with Crippen LogP contribution in [0.25, 0.3) is 0 Å². The summed E-state index contributed by atoms with van der Waals surface area (Å²) in [7, 11) is 0. The maximum atomic E-state index is 12.7. The molecule has 0 spiro atoms. The lowest BCUT2D eigenvalue weighted by molar-refractivity contribution is -0.141. The fourth-order valence-corrected chi connectivity index (χ4v) is 2.98. The number of alkyl halides is 3. The van der Waals surface area contributed by atoms with Crippen molar-refractivity contribution in [1.29, 1.82) is 0 Å². The first-order chi connectivity index (χ1) is 14.1. The Morgan fingerprint density at radius 3 is 2.40 bits per heavy atom. The molecule has 158 valence electrons. The van der Waals surface area contributed by atoms with Gasteiger partial charge in [-0.25, -0.2) is 15.0 Å². The molecule has 0 aliphatic carbocycles. The topological polar surface area (TPSA) is 59.9 Å². The maximum Gasteiger partial charge on any atom is 0.433 e. The fourth-order valence-electron chi connectivity index (χ4n) is 2.64. The van der Waals surface area contributed by atoms with E-state index in [1.54, 1.807) is 19.1 Å². The molecule has 3 aromatic rings. The number of rotatable bonds is 6.